The van der Waals surface area contributed by atoms with Crippen LogP contribution in [-0.4, -0.2) is 17.4 Å². The van der Waals surface area contributed by atoms with Crippen molar-refractivity contribution in [2.24, 2.45) is 5.92 Å². The zero-order chi connectivity index (χ0) is 33.2. The van der Waals surface area contributed by atoms with Gasteiger partial charge in [-0.25, -0.2) is 0 Å². The standard InChI is InChI=1S/C35H37F6NO2/c1-19(2)13-14-42-28-17-23(35(39,40)41)10-12-27(28)33(7,8)29(42)18-25-30(43)24(31(25)44)16-21(4)32(5,6)26-11-9-22(15-20(26)3)34(36,37)38/h9-12,15-19,43H,4,13-14H2,1-3,5-8H3/b24-16-,29-18-. The van der Waals surface area contributed by atoms with Crippen molar-refractivity contribution in [3.05, 3.63) is 111 Å². The van der Waals surface area contributed by atoms with Crippen molar-refractivity contribution >= 4 is 11.5 Å². The number of carbonyl (C=O) groups excluding carboxylic acids is 1. The zero-order valence-electron chi connectivity index (χ0n) is 25.9. The van der Waals surface area contributed by atoms with Crippen LogP contribution in [0, 0.1) is 12.8 Å². The Morgan fingerprint density at radius 1 is 1.00 bits per heavy atom. The molecule has 9 heteroatoms. The van der Waals surface area contributed by atoms with E-state index >= 15 is 0 Å². The van der Waals surface area contributed by atoms with Crippen molar-refractivity contribution in [2.75, 3.05) is 11.4 Å². The Hall–Kier alpha value is -3.75. The first-order valence-electron chi connectivity index (χ1n) is 14.4. The normalized spacial score (nSPS) is 18.9. The molecule has 1 heterocycles. The summed E-state index contributed by atoms with van der Waals surface area (Å²) < 4.78 is 80.4. The van der Waals surface area contributed by atoms with Crippen molar-refractivity contribution in [1.29, 1.82) is 0 Å². The fourth-order valence-electron chi connectivity index (χ4n) is 5.87. The van der Waals surface area contributed by atoms with Gasteiger partial charge in [0.1, 0.15) is 5.76 Å². The average molecular weight is 618 g/mol. The van der Waals surface area contributed by atoms with Gasteiger partial charge in [0.15, 0.2) is 0 Å². The number of nitrogens with zero attached hydrogens (tertiary/aromatic N) is 1. The van der Waals surface area contributed by atoms with Crippen molar-refractivity contribution in [2.45, 2.75) is 78.1 Å². The monoisotopic (exact) mass is 617 g/mol. The number of benzene rings is 2. The fraction of sp³-hybridized carbons (Fsp3) is 0.400. The summed E-state index contributed by atoms with van der Waals surface area (Å²) in [6, 6.07) is 7.13. The van der Waals surface area contributed by atoms with E-state index in [-0.39, 0.29) is 22.8 Å². The molecule has 0 atom stereocenters. The second kappa shape index (κ2) is 11.0. The van der Waals surface area contributed by atoms with Gasteiger partial charge in [0, 0.05) is 28.8 Å². The second-order valence-corrected chi connectivity index (χ2v) is 13.0. The van der Waals surface area contributed by atoms with Gasteiger partial charge in [0.05, 0.1) is 22.3 Å². The molecule has 236 valence electrons. The molecule has 2 aliphatic rings. The largest absolute Gasteiger partial charge is 0.506 e. The van der Waals surface area contributed by atoms with Crippen molar-refractivity contribution in [3.8, 4) is 0 Å². The summed E-state index contributed by atoms with van der Waals surface area (Å²) in [5.41, 5.74) is 0.0157. The maximum absolute atomic E-state index is 13.6. The zero-order valence-corrected chi connectivity index (χ0v) is 25.9. The number of halogens is 6. The predicted octanol–water partition coefficient (Wildman–Crippen LogP) is 9.92. The molecular formula is C35H37F6NO2. The maximum atomic E-state index is 13.6. The predicted molar refractivity (Wildman–Crippen MR) is 160 cm³/mol. The quantitative estimate of drug-likeness (QED) is 0.248. The molecule has 3 nitrogen and oxygen atoms in total. The van der Waals surface area contributed by atoms with Gasteiger partial charge in [0.25, 0.3) is 0 Å². The molecule has 0 fully saturated rings. The Kier molecular flexibility index (Phi) is 8.29. The highest BCUT2D eigenvalue weighted by Crippen LogP contribution is 2.51. The fourth-order valence-corrected chi connectivity index (χ4v) is 5.87. The Labute approximate surface area is 254 Å². The molecule has 0 saturated carbocycles. The van der Waals surface area contributed by atoms with Crippen LogP contribution in [0.15, 0.2) is 83.3 Å². The van der Waals surface area contributed by atoms with Crippen LogP contribution in [0.25, 0.3) is 0 Å². The highest BCUT2D eigenvalue weighted by Gasteiger charge is 2.44. The number of ketones is 1. The first kappa shape index (κ1) is 33.1. The number of carbonyl (C=O) groups is 1. The van der Waals surface area contributed by atoms with E-state index < -0.39 is 40.1 Å². The third kappa shape index (κ3) is 5.85. The van der Waals surface area contributed by atoms with Crippen LogP contribution in [0.2, 0.25) is 0 Å². The number of aliphatic hydroxyl groups is 1. The molecule has 0 aromatic heterocycles. The summed E-state index contributed by atoms with van der Waals surface area (Å²) in [7, 11) is 0. The SMILES string of the molecule is C=C(/C=C1\C(=O)C(/C=C2\N(CCC(C)C)c3cc(C(F)(F)F)ccc3C2(C)C)=C1O)C(C)(C)c1ccc(C(F)(F)F)cc1C. The topological polar surface area (TPSA) is 40.5 Å². The smallest absolute Gasteiger partial charge is 0.416 e. The molecule has 0 spiro atoms. The molecule has 1 aliphatic carbocycles. The molecule has 0 unspecified atom stereocenters. The lowest BCUT2D eigenvalue weighted by Crippen LogP contribution is -2.30. The molecular weight excluding hydrogens is 580 g/mol. The van der Waals surface area contributed by atoms with Crippen LogP contribution in [0.4, 0.5) is 32.0 Å². The van der Waals surface area contributed by atoms with Crippen LogP contribution in [-0.2, 0) is 28.0 Å². The molecule has 1 aliphatic heterocycles. The van der Waals surface area contributed by atoms with E-state index in [2.05, 4.69) is 6.58 Å². The van der Waals surface area contributed by atoms with E-state index in [4.69, 9.17) is 0 Å². The molecule has 4 rings (SSSR count). The van der Waals surface area contributed by atoms with Gasteiger partial charge < -0.3 is 10.0 Å². The number of allylic oxidation sites excluding steroid dienone is 6. The lowest BCUT2D eigenvalue weighted by Gasteiger charge is -2.31. The molecule has 2 aromatic carbocycles. The minimum Gasteiger partial charge on any atom is -0.506 e. The number of Topliss-reactive ketones (excluding diaryl/α,β-unsaturated/α-hetero) is 1. The molecule has 0 bridgehead atoms. The van der Waals surface area contributed by atoms with Gasteiger partial charge in [-0.3, -0.25) is 4.79 Å². The molecule has 2 aromatic rings. The lowest BCUT2D eigenvalue weighted by atomic mass is 9.74. The number of aryl methyl sites for hydroxylation is 1. The van der Waals surface area contributed by atoms with E-state index in [1.165, 1.54) is 18.2 Å². The molecule has 44 heavy (non-hydrogen) atoms. The minimum atomic E-state index is -4.52. The first-order chi connectivity index (χ1) is 20.1. The molecule has 0 radical (unpaired) electrons. The number of alkyl halides is 6. The van der Waals surface area contributed by atoms with Crippen LogP contribution < -0.4 is 4.90 Å². The van der Waals surface area contributed by atoms with E-state index in [0.29, 0.717) is 46.6 Å². The molecule has 1 N–H and O–H groups in total. The Bertz CT molecular complexity index is 1620. The summed E-state index contributed by atoms with van der Waals surface area (Å²) in [6.07, 6.45) is -5.32. The maximum Gasteiger partial charge on any atom is 0.416 e. The summed E-state index contributed by atoms with van der Waals surface area (Å²) in [5, 5.41) is 11.0. The average Bonchev–Trinajstić information content (AvgIpc) is 3.12. The van der Waals surface area contributed by atoms with E-state index in [1.807, 2.05) is 27.7 Å². The van der Waals surface area contributed by atoms with Crippen LogP contribution in [0.1, 0.15) is 75.8 Å². The van der Waals surface area contributed by atoms with Crippen LogP contribution in [0.5, 0.6) is 0 Å². The summed E-state index contributed by atoms with van der Waals surface area (Å²) in [4.78, 5) is 15.2. The van der Waals surface area contributed by atoms with Crippen molar-refractivity contribution < 1.29 is 36.2 Å². The van der Waals surface area contributed by atoms with Crippen LogP contribution in [0.3, 0.4) is 0 Å². The van der Waals surface area contributed by atoms with Crippen molar-refractivity contribution in [1.82, 2.24) is 0 Å². The van der Waals surface area contributed by atoms with Gasteiger partial charge in [0.2, 0.25) is 5.78 Å². The number of fused-ring (bicyclic) bond motifs is 1. The molecule has 0 amide bonds. The van der Waals surface area contributed by atoms with Gasteiger partial charge in [-0.1, -0.05) is 60.3 Å². The number of aliphatic hydroxyl groups excluding tert-OH is 1. The Morgan fingerprint density at radius 2 is 1.57 bits per heavy atom. The first-order valence-corrected chi connectivity index (χ1v) is 14.4. The van der Waals surface area contributed by atoms with Crippen molar-refractivity contribution in [3.63, 3.8) is 0 Å². The third-order valence-corrected chi connectivity index (χ3v) is 8.78. The number of hydrogen-bond acceptors (Lipinski definition) is 3. The van der Waals surface area contributed by atoms with E-state index in [0.717, 1.165) is 24.3 Å². The summed E-state index contributed by atoms with van der Waals surface area (Å²) >= 11 is 0. The van der Waals surface area contributed by atoms with Crippen LogP contribution >= 0.6 is 0 Å². The Morgan fingerprint density at radius 3 is 2.09 bits per heavy atom. The van der Waals surface area contributed by atoms with E-state index in [1.54, 1.807) is 31.7 Å². The number of anilines is 1. The number of rotatable bonds is 7. The van der Waals surface area contributed by atoms with Gasteiger partial charge >= 0.3 is 12.4 Å². The summed E-state index contributed by atoms with van der Waals surface area (Å²) in [5.74, 6) is -0.456. The highest BCUT2D eigenvalue weighted by atomic mass is 19.4. The third-order valence-electron chi connectivity index (χ3n) is 8.78. The van der Waals surface area contributed by atoms with Gasteiger partial charge in [-0.05, 0) is 77.9 Å². The molecule has 0 saturated heterocycles. The highest BCUT2D eigenvalue weighted by molar-refractivity contribution is 6.21. The van der Waals surface area contributed by atoms with Gasteiger partial charge in [-0.2, -0.15) is 26.3 Å². The minimum absolute atomic E-state index is 0.0147. The summed E-state index contributed by atoms with van der Waals surface area (Å²) in [6.45, 7) is 17.4. The second-order valence-electron chi connectivity index (χ2n) is 13.0. The van der Waals surface area contributed by atoms with Gasteiger partial charge in [-0.15, -0.1) is 0 Å². The number of hydrogen-bond donors (Lipinski definition) is 1. The Balaban J connectivity index is 1.72. The van der Waals surface area contributed by atoms with E-state index in [9.17, 15) is 36.2 Å². The lowest BCUT2D eigenvalue weighted by molar-refractivity contribution is -0.138.